The van der Waals surface area contributed by atoms with Crippen molar-refractivity contribution < 1.29 is 28.2 Å². The van der Waals surface area contributed by atoms with Crippen LogP contribution in [0.3, 0.4) is 0 Å². The summed E-state index contributed by atoms with van der Waals surface area (Å²) in [5.74, 6) is 0. The first-order valence-corrected chi connectivity index (χ1v) is 9.44. The summed E-state index contributed by atoms with van der Waals surface area (Å²) in [6, 6.07) is -0.258. The van der Waals surface area contributed by atoms with Crippen LogP contribution in [-0.2, 0) is 14.2 Å². The number of carbonyl (C=O) groups excluding carboxylic acids is 2. The molecule has 0 aromatic carbocycles. The highest BCUT2D eigenvalue weighted by atomic mass is 19.1. The maximum Gasteiger partial charge on any atom is 0.410 e. The van der Waals surface area contributed by atoms with Gasteiger partial charge in [-0.1, -0.05) is 0 Å². The molecule has 8 heteroatoms. The van der Waals surface area contributed by atoms with Gasteiger partial charge in [0.05, 0.1) is 19.2 Å². The van der Waals surface area contributed by atoms with Gasteiger partial charge in [0, 0.05) is 20.0 Å². The van der Waals surface area contributed by atoms with Crippen molar-refractivity contribution in [2.75, 3.05) is 26.7 Å². The average molecular weight is 388 g/mol. The number of piperidine rings is 1. The smallest absolute Gasteiger partial charge is 0.410 e. The summed E-state index contributed by atoms with van der Waals surface area (Å²) in [6.45, 7) is 11.3. The molecule has 27 heavy (non-hydrogen) atoms. The van der Waals surface area contributed by atoms with Crippen molar-refractivity contribution >= 4 is 12.2 Å². The SMILES string of the molecule is CN(C(=O)OC(C)(C)C)[C@@H]1CO[C@@]2(CCN(C(=O)OC(C)(C)C)C[C@@H]2F)C1. The molecule has 0 radical (unpaired) electrons. The second-order valence-electron chi connectivity index (χ2n) is 9.47. The minimum Gasteiger partial charge on any atom is -0.444 e. The number of rotatable bonds is 1. The molecule has 0 aromatic rings. The van der Waals surface area contributed by atoms with Crippen LogP contribution in [0.2, 0.25) is 0 Å². The summed E-state index contributed by atoms with van der Waals surface area (Å²) in [6.07, 6.45) is -1.55. The van der Waals surface area contributed by atoms with Crippen LogP contribution in [0.25, 0.3) is 0 Å². The molecular formula is C19H33FN2O5. The number of amides is 2. The fourth-order valence-corrected chi connectivity index (χ4v) is 3.33. The molecule has 1 spiro atoms. The highest BCUT2D eigenvalue weighted by Crippen LogP contribution is 2.39. The topological polar surface area (TPSA) is 68.3 Å². The van der Waals surface area contributed by atoms with Crippen molar-refractivity contribution in [2.45, 2.75) is 83.4 Å². The minimum atomic E-state index is -1.34. The normalized spacial score (nSPS) is 29.0. The van der Waals surface area contributed by atoms with E-state index < -0.39 is 35.2 Å². The summed E-state index contributed by atoms with van der Waals surface area (Å²) in [4.78, 5) is 27.3. The van der Waals surface area contributed by atoms with E-state index in [-0.39, 0.29) is 19.2 Å². The van der Waals surface area contributed by atoms with Crippen molar-refractivity contribution in [1.29, 1.82) is 0 Å². The molecule has 2 rings (SSSR count). The molecule has 2 amide bonds. The Hall–Kier alpha value is -1.57. The fourth-order valence-electron chi connectivity index (χ4n) is 3.33. The van der Waals surface area contributed by atoms with Gasteiger partial charge in [0.2, 0.25) is 0 Å². The summed E-state index contributed by atoms with van der Waals surface area (Å²) in [5.41, 5.74) is -2.19. The number of ether oxygens (including phenoxy) is 3. The Bertz CT molecular complexity index is 571. The number of nitrogens with zero attached hydrogens (tertiary/aromatic N) is 2. The monoisotopic (exact) mass is 388 g/mol. The Morgan fingerprint density at radius 3 is 2.26 bits per heavy atom. The van der Waals surface area contributed by atoms with Gasteiger partial charge in [-0.05, 0) is 48.0 Å². The van der Waals surface area contributed by atoms with E-state index in [0.29, 0.717) is 19.4 Å². The molecule has 2 heterocycles. The summed E-state index contributed by atoms with van der Waals surface area (Å²) >= 11 is 0. The molecule has 0 N–H and O–H groups in total. The molecule has 2 aliphatic rings. The fraction of sp³-hybridized carbons (Fsp3) is 0.895. The van der Waals surface area contributed by atoms with Gasteiger partial charge in [-0.3, -0.25) is 0 Å². The van der Waals surface area contributed by atoms with Gasteiger partial charge in [-0.25, -0.2) is 14.0 Å². The lowest BCUT2D eigenvalue weighted by Gasteiger charge is -2.41. The van der Waals surface area contributed by atoms with Gasteiger partial charge < -0.3 is 24.0 Å². The maximum absolute atomic E-state index is 15.0. The van der Waals surface area contributed by atoms with Crippen molar-refractivity contribution in [2.24, 2.45) is 0 Å². The second-order valence-corrected chi connectivity index (χ2v) is 9.47. The van der Waals surface area contributed by atoms with E-state index in [9.17, 15) is 14.0 Å². The van der Waals surface area contributed by atoms with Crippen molar-refractivity contribution in [3.63, 3.8) is 0 Å². The van der Waals surface area contributed by atoms with Crippen molar-refractivity contribution in [3.8, 4) is 0 Å². The zero-order chi connectivity index (χ0) is 20.6. The van der Waals surface area contributed by atoms with E-state index in [1.54, 1.807) is 48.6 Å². The van der Waals surface area contributed by atoms with E-state index >= 15 is 0 Å². The van der Waals surface area contributed by atoms with E-state index in [4.69, 9.17) is 14.2 Å². The zero-order valence-electron chi connectivity index (χ0n) is 17.5. The first kappa shape index (κ1) is 21.7. The number of halogens is 1. The van der Waals surface area contributed by atoms with E-state index in [1.165, 1.54) is 9.80 Å². The standard InChI is InChI=1S/C19H33FN2O5/c1-17(2,3)26-15(23)21(7)13-10-19(25-12-13)8-9-22(11-14(19)20)16(24)27-18(4,5)6/h13-14H,8-12H2,1-7H3/t13-,14-,19-/m0/s1. The predicted octanol–water partition coefficient (Wildman–Crippen LogP) is 3.36. The zero-order valence-corrected chi connectivity index (χ0v) is 17.5. The Morgan fingerprint density at radius 2 is 1.74 bits per heavy atom. The lowest BCUT2D eigenvalue weighted by atomic mass is 9.85. The summed E-state index contributed by atoms with van der Waals surface area (Å²) in [7, 11) is 1.64. The average Bonchev–Trinajstić information content (AvgIpc) is 2.91. The molecule has 0 unspecified atom stereocenters. The van der Waals surface area contributed by atoms with Gasteiger partial charge in [-0.2, -0.15) is 0 Å². The molecular weight excluding hydrogens is 355 g/mol. The first-order chi connectivity index (χ1) is 12.2. The third-order valence-corrected chi connectivity index (χ3v) is 4.78. The second kappa shape index (κ2) is 7.45. The molecule has 3 atom stereocenters. The van der Waals surface area contributed by atoms with Crippen molar-refractivity contribution in [1.82, 2.24) is 9.80 Å². The van der Waals surface area contributed by atoms with E-state index in [0.717, 1.165) is 0 Å². The number of hydrogen-bond donors (Lipinski definition) is 0. The van der Waals surface area contributed by atoms with Gasteiger partial charge in [0.1, 0.15) is 23.0 Å². The summed E-state index contributed by atoms with van der Waals surface area (Å²) in [5, 5.41) is 0. The predicted molar refractivity (Wildman–Crippen MR) is 98.4 cm³/mol. The van der Waals surface area contributed by atoms with E-state index in [2.05, 4.69) is 0 Å². The summed E-state index contributed by atoms with van der Waals surface area (Å²) < 4.78 is 31.5. The molecule has 0 saturated carbocycles. The first-order valence-electron chi connectivity index (χ1n) is 9.44. The van der Waals surface area contributed by atoms with E-state index in [1.807, 2.05) is 0 Å². The van der Waals surface area contributed by atoms with Crippen LogP contribution in [-0.4, -0.2) is 77.7 Å². The number of hydrogen-bond acceptors (Lipinski definition) is 5. The van der Waals surface area contributed by atoms with Crippen LogP contribution in [0.5, 0.6) is 0 Å². The molecule has 7 nitrogen and oxygen atoms in total. The number of likely N-dealkylation sites (N-methyl/N-ethyl adjacent to an activating group) is 1. The molecule has 0 bridgehead atoms. The number of carbonyl (C=O) groups is 2. The lowest BCUT2D eigenvalue weighted by Crippen LogP contribution is -2.56. The molecule has 156 valence electrons. The van der Waals surface area contributed by atoms with Crippen LogP contribution in [0.1, 0.15) is 54.4 Å². The van der Waals surface area contributed by atoms with Crippen LogP contribution in [0, 0.1) is 0 Å². The van der Waals surface area contributed by atoms with Gasteiger partial charge in [0.15, 0.2) is 0 Å². The molecule has 2 saturated heterocycles. The Morgan fingerprint density at radius 1 is 1.15 bits per heavy atom. The minimum absolute atomic E-state index is 0.0716. The molecule has 0 aliphatic carbocycles. The van der Waals surface area contributed by atoms with Gasteiger partial charge in [0.25, 0.3) is 0 Å². The lowest BCUT2D eigenvalue weighted by molar-refractivity contribution is -0.0982. The highest BCUT2D eigenvalue weighted by molar-refractivity contribution is 5.69. The molecule has 0 aromatic heterocycles. The maximum atomic E-state index is 15.0. The highest BCUT2D eigenvalue weighted by Gasteiger charge is 2.52. The quantitative estimate of drug-likeness (QED) is 0.689. The van der Waals surface area contributed by atoms with Gasteiger partial charge >= 0.3 is 12.2 Å². The van der Waals surface area contributed by atoms with Crippen LogP contribution >= 0.6 is 0 Å². The van der Waals surface area contributed by atoms with Gasteiger partial charge in [-0.15, -0.1) is 0 Å². The molecule has 2 aliphatic heterocycles. The van der Waals surface area contributed by atoms with Crippen LogP contribution in [0.15, 0.2) is 0 Å². The van der Waals surface area contributed by atoms with Crippen LogP contribution < -0.4 is 0 Å². The Kier molecular flexibility index (Phi) is 5.99. The van der Waals surface area contributed by atoms with Crippen LogP contribution in [0.4, 0.5) is 14.0 Å². The number of likely N-dealkylation sites (tertiary alicyclic amines) is 1. The van der Waals surface area contributed by atoms with Crippen molar-refractivity contribution in [3.05, 3.63) is 0 Å². The number of alkyl halides is 1. The third kappa shape index (κ3) is 5.46. The third-order valence-electron chi connectivity index (χ3n) is 4.78. The largest absolute Gasteiger partial charge is 0.444 e. The Balaban J connectivity index is 1.95. The Labute approximate surface area is 161 Å². The molecule has 2 fully saturated rings.